The van der Waals surface area contributed by atoms with Crippen molar-refractivity contribution in [1.29, 1.82) is 0 Å². The molecule has 0 aliphatic carbocycles. The lowest BCUT2D eigenvalue weighted by atomic mass is 10.1. The van der Waals surface area contributed by atoms with Crippen LogP contribution in [0.1, 0.15) is 33.3 Å². The minimum atomic E-state index is -0.579. The van der Waals surface area contributed by atoms with Gasteiger partial charge < -0.3 is 15.5 Å². The van der Waals surface area contributed by atoms with Crippen molar-refractivity contribution in [3.63, 3.8) is 0 Å². The lowest BCUT2D eigenvalue weighted by Gasteiger charge is -2.05. The van der Waals surface area contributed by atoms with Crippen molar-refractivity contribution in [3.05, 3.63) is 52.5 Å². The summed E-state index contributed by atoms with van der Waals surface area (Å²) < 4.78 is 19.0. The van der Waals surface area contributed by atoms with E-state index in [1.807, 2.05) is 13.8 Å². The first-order chi connectivity index (χ1) is 9.47. The maximum absolute atomic E-state index is 13.6. The molecule has 2 aromatic rings. The quantitative estimate of drug-likeness (QED) is 0.873. The molecule has 6 heteroatoms. The van der Waals surface area contributed by atoms with Crippen LogP contribution in [0.3, 0.4) is 0 Å². The number of halogens is 1. The molecule has 0 fully saturated rings. The van der Waals surface area contributed by atoms with E-state index in [0.29, 0.717) is 18.0 Å². The second kappa shape index (κ2) is 5.83. The highest BCUT2D eigenvalue weighted by molar-refractivity contribution is 5.92. The Hall–Kier alpha value is -2.21. The molecule has 1 heterocycles. The topological polar surface area (TPSA) is 81.1 Å². The Morgan fingerprint density at radius 1 is 1.40 bits per heavy atom. The van der Waals surface area contributed by atoms with Gasteiger partial charge in [0.05, 0.1) is 12.2 Å². The van der Waals surface area contributed by atoms with Gasteiger partial charge >= 0.3 is 0 Å². The highest BCUT2D eigenvalue weighted by atomic mass is 19.1. The van der Waals surface area contributed by atoms with E-state index in [0.717, 1.165) is 11.5 Å². The fourth-order valence-corrected chi connectivity index (χ4v) is 1.78. The number of amides is 1. The molecular weight excluding hydrogens is 261 g/mol. The molecule has 1 aromatic carbocycles. The number of benzene rings is 1. The molecule has 0 saturated carbocycles. The fraction of sp³-hybridized carbons (Fsp3) is 0.286. The molecule has 1 amide bonds. The Kier molecular flexibility index (Phi) is 4.14. The van der Waals surface area contributed by atoms with Gasteiger partial charge in [-0.05, 0) is 32.0 Å². The van der Waals surface area contributed by atoms with Crippen LogP contribution in [0.15, 0.2) is 22.6 Å². The number of nitrogens with two attached hydrogens (primary N) is 1. The summed E-state index contributed by atoms with van der Waals surface area (Å²) in [5.74, 6) is 0.350. The Morgan fingerprint density at radius 3 is 2.75 bits per heavy atom. The highest BCUT2D eigenvalue weighted by Crippen LogP contribution is 2.11. The first-order valence-corrected chi connectivity index (χ1v) is 6.19. The largest absolute Gasteiger partial charge is 0.444 e. The summed E-state index contributed by atoms with van der Waals surface area (Å²) in [7, 11) is 0. The van der Waals surface area contributed by atoms with Gasteiger partial charge in [-0.25, -0.2) is 9.37 Å². The van der Waals surface area contributed by atoms with Crippen LogP contribution in [0.4, 0.5) is 4.39 Å². The highest BCUT2D eigenvalue weighted by Gasteiger charge is 2.08. The average Bonchev–Trinajstić information content (AvgIpc) is 2.70. The number of aromatic nitrogens is 1. The first kappa shape index (κ1) is 14.2. The standard InChI is InChI=1S/C14H16FN3O2/c1-8-9(2)20-13(18-8)7-17-6-11-5-10(14(16)19)3-4-12(11)15/h3-5,17H,6-7H2,1-2H3,(H2,16,19). The zero-order valence-corrected chi connectivity index (χ0v) is 11.4. The number of hydrogen-bond donors (Lipinski definition) is 2. The third-order valence-electron chi connectivity index (χ3n) is 2.99. The monoisotopic (exact) mass is 277 g/mol. The summed E-state index contributed by atoms with van der Waals surface area (Å²) in [6.45, 7) is 4.34. The molecule has 5 nitrogen and oxygen atoms in total. The Bertz CT molecular complexity index is 618. The van der Waals surface area contributed by atoms with E-state index in [9.17, 15) is 9.18 Å². The SMILES string of the molecule is Cc1nc(CNCc2cc(C(N)=O)ccc2F)oc1C. The molecule has 0 radical (unpaired) electrons. The number of primary amides is 1. The van der Waals surface area contributed by atoms with Crippen molar-refractivity contribution in [2.75, 3.05) is 0 Å². The summed E-state index contributed by atoms with van der Waals surface area (Å²) in [5.41, 5.74) is 6.66. The number of nitrogens with zero attached hydrogens (tertiary/aromatic N) is 1. The van der Waals surface area contributed by atoms with E-state index in [-0.39, 0.29) is 17.9 Å². The van der Waals surface area contributed by atoms with Gasteiger partial charge in [0.2, 0.25) is 11.8 Å². The van der Waals surface area contributed by atoms with Crippen molar-refractivity contribution in [2.45, 2.75) is 26.9 Å². The van der Waals surface area contributed by atoms with Crippen LogP contribution in [0.2, 0.25) is 0 Å². The lowest BCUT2D eigenvalue weighted by molar-refractivity contribution is 0.1000. The van der Waals surface area contributed by atoms with E-state index >= 15 is 0 Å². The molecule has 106 valence electrons. The van der Waals surface area contributed by atoms with E-state index in [2.05, 4.69) is 10.3 Å². The zero-order chi connectivity index (χ0) is 14.7. The summed E-state index contributed by atoms with van der Waals surface area (Å²) >= 11 is 0. The van der Waals surface area contributed by atoms with Crippen molar-refractivity contribution in [3.8, 4) is 0 Å². The number of hydrogen-bond acceptors (Lipinski definition) is 4. The van der Waals surface area contributed by atoms with Gasteiger partial charge in [-0.1, -0.05) is 0 Å². The Balaban J connectivity index is 2.00. The van der Waals surface area contributed by atoms with Gasteiger partial charge in [0.1, 0.15) is 11.6 Å². The van der Waals surface area contributed by atoms with Crippen LogP contribution < -0.4 is 11.1 Å². The normalized spacial score (nSPS) is 10.8. The third kappa shape index (κ3) is 3.21. The van der Waals surface area contributed by atoms with Gasteiger partial charge in [0, 0.05) is 17.7 Å². The second-order valence-electron chi connectivity index (χ2n) is 4.52. The molecule has 0 atom stereocenters. The molecule has 0 aliphatic rings. The Labute approximate surface area is 116 Å². The summed E-state index contributed by atoms with van der Waals surface area (Å²) in [6, 6.07) is 4.04. The van der Waals surface area contributed by atoms with Crippen LogP contribution in [-0.4, -0.2) is 10.9 Å². The molecule has 0 bridgehead atoms. The maximum atomic E-state index is 13.6. The number of rotatable bonds is 5. The van der Waals surface area contributed by atoms with E-state index < -0.39 is 5.91 Å². The van der Waals surface area contributed by atoms with Crippen LogP contribution in [0.25, 0.3) is 0 Å². The van der Waals surface area contributed by atoms with Gasteiger partial charge in [0.25, 0.3) is 0 Å². The average molecular weight is 277 g/mol. The molecule has 2 rings (SSSR count). The van der Waals surface area contributed by atoms with Crippen molar-refractivity contribution < 1.29 is 13.6 Å². The minimum Gasteiger partial charge on any atom is -0.444 e. The molecule has 0 aliphatic heterocycles. The molecule has 3 N–H and O–H groups in total. The summed E-state index contributed by atoms with van der Waals surface area (Å²) in [5, 5.41) is 3.02. The lowest BCUT2D eigenvalue weighted by Crippen LogP contribution is -2.16. The van der Waals surface area contributed by atoms with E-state index in [4.69, 9.17) is 10.2 Å². The van der Waals surface area contributed by atoms with E-state index in [1.54, 1.807) is 0 Å². The van der Waals surface area contributed by atoms with Crippen molar-refractivity contribution >= 4 is 5.91 Å². The number of carbonyl (C=O) groups excluding carboxylic acids is 1. The third-order valence-corrected chi connectivity index (χ3v) is 2.99. The molecule has 0 saturated heterocycles. The zero-order valence-electron chi connectivity index (χ0n) is 11.4. The smallest absolute Gasteiger partial charge is 0.248 e. The van der Waals surface area contributed by atoms with Crippen molar-refractivity contribution in [2.24, 2.45) is 5.73 Å². The van der Waals surface area contributed by atoms with Crippen LogP contribution in [0.5, 0.6) is 0 Å². The summed E-state index contributed by atoms with van der Waals surface area (Å²) in [6.07, 6.45) is 0. The number of nitrogens with one attached hydrogen (secondary N) is 1. The predicted molar refractivity (Wildman–Crippen MR) is 71.4 cm³/mol. The fourth-order valence-electron chi connectivity index (χ4n) is 1.78. The number of aryl methyl sites for hydroxylation is 2. The van der Waals surface area contributed by atoms with Gasteiger partial charge in [-0.15, -0.1) is 0 Å². The molecular formula is C14H16FN3O2. The Morgan fingerprint density at radius 2 is 2.15 bits per heavy atom. The molecule has 0 spiro atoms. The van der Waals surface area contributed by atoms with Crippen molar-refractivity contribution in [1.82, 2.24) is 10.3 Å². The molecule has 1 aromatic heterocycles. The second-order valence-corrected chi connectivity index (χ2v) is 4.52. The molecule has 20 heavy (non-hydrogen) atoms. The van der Waals surface area contributed by atoms with Gasteiger partial charge in [0.15, 0.2) is 0 Å². The number of carbonyl (C=O) groups is 1. The number of oxazole rings is 1. The maximum Gasteiger partial charge on any atom is 0.248 e. The van der Waals surface area contributed by atoms with Gasteiger partial charge in [-0.3, -0.25) is 4.79 Å². The minimum absolute atomic E-state index is 0.257. The summed E-state index contributed by atoms with van der Waals surface area (Å²) in [4.78, 5) is 15.3. The van der Waals surface area contributed by atoms with Crippen LogP contribution in [-0.2, 0) is 13.1 Å². The van der Waals surface area contributed by atoms with E-state index in [1.165, 1.54) is 18.2 Å². The predicted octanol–water partition coefficient (Wildman–Crippen LogP) is 1.82. The van der Waals surface area contributed by atoms with Gasteiger partial charge in [-0.2, -0.15) is 0 Å². The van der Waals surface area contributed by atoms with Crippen LogP contribution >= 0.6 is 0 Å². The van der Waals surface area contributed by atoms with Crippen LogP contribution in [0, 0.1) is 19.7 Å². The first-order valence-electron chi connectivity index (χ1n) is 6.19. The molecule has 0 unspecified atom stereocenters.